The van der Waals surface area contributed by atoms with Crippen molar-refractivity contribution in [3.05, 3.63) is 54.0 Å². The van der Waals surface area contributed by atoms with Crippen molar-refractivity contribution in [1.29, 1.82) is 0 Å². The number of likely N-dealkylation sites (N-methyl/N-ethyl adjacent to an activating group) is 1. The summed E-state index contributed by atoms with van der Waals surface area (Å²) in [6, 6.07) is 9.82. The van der Waals surface area contributed by atoms with Crippen molar-refractivity contribution >= 4 is 16.9 Å². The van der Waals surface area contributed by atoms with Gasteiger partial charge in [-0.15, -0.1) is 0 Å². The van der Waals surface area contributed by atoms with Gasteiger partial charge in [0, 0.05) is 42.5 Å². The van der Waals surface area contributed by atoms with Crippen LogP contribution >= 0.6 is 0 Å². The number of amides is 1. The first-order valence-electron chi connectivity index (χ1n) is 8.75. The molecule has 0 aliphatic carbocycles. The predicted molar refractivity (Wildman–Crippen MR) is 95.5 cm³/mol. The molecule has 3 aromatic rings. The molecule has 1 atom stereocenters. The predicted octanol–water partition coefficient (Wildman–Crippen LogP) is 2.50. The van der Waals surface area contributed by atoms with Crippen molar-refractivity contribution in [2.24, 2.45) is 0 Å². The first kappa shape index (κ1) is 15.9. The van der Waals surface area contributed by atoms with Crippen molar-refractivity contribution in [2.75, 3.05) is 19.6 Å². The van der Waals surface area contributed by atoms with Crippen LogP contribution in [0.3, 0.4) is 0 Å². The van der Waals surface area contributed by atoms with E-state index in [0.29, 0.717) is 12.3 Å². The van der Waals surface area contributed by atoms with E-state index in [1.54, 1.807) is 6.20 Å². The van der Waals surface area contributed by atoms with Crippen molar-refractivity contribution in [1.82, 2.24) is 20.0 Å². The van der Waals surface area contributed by atoms with Gasteiger partial charge in [-0.2, -0.15) is 5.10 Å². The van der Waals surface area contributed by atoms with Crippen LogP contribution in [0.2, 0.25) is 0 Å². The molecule has 0 radical (unpaired) electrons. The number of nitrogens with one attached hydrogen (secondary N) is 1. The van der Waals surface area contributed by atoms with Crippen molar-refractivity contribution < 1.29 is 9.21 Å². The normalized spacial score (nSPS) is 18.0. The van der Waals surface area contributed by atoms with E-state index < -0.39 is 0 Å². The van der Waals surface area contributed by atoms with Gasteiger partial charge < -0.3 is 14.6 Å². The molecule has 1 saturated heterocycles. The molecule has 130 valence electrons. The highest BCUT2D eigenvalue weighted by Crippen LogP contribution is 2.27. The fraction of sp³-hybridized carbons (Fsp3) is 0.368. The number of para-hydroxylation sites is 1. The number of furan rings is 1. The third kappa shape index (κ3) is 3.17. The molecule has 1 amide bonds. The summed E-state index contributed by atoms with van der Waals surface area (Å²) in [7, 11) is 0. The Bertz CT molecular complexity index is 869. The Hall–Kier alpha value is -2.60. The van der Waals surface area contributed by atoms with Gasteiger partial charge >= 0.3 is 0 Å². The van der Waals surface area contributed by atoms with Gasteiger partial charge in [-0.25, -0.2) is 0 Å². The highest BCUT2D eigenvalue weighted by molar-refractivity contribution is 5.99. The summed E-state index contributed by atoms with van der Waals surface area (Å²) in [5.74, 6) is 0.257. The number of likely N-dealkylation sites (tertiary alicyclic amines) is 1. The first-order valence-corrected chi connectivity index (χ1v) is 8.75. The summed E-state index contributed by atoms with van der Waals surface area (Å²) in [5, 5.41) is 8.36. The lowest BCUT2D eigenvalue weighted by molar-refractivity contribution is 0.0910. The van der Waals surface area contributed by atoms with Gasteiger partial charge in [0.05, 0.1) is 6.54 Å². The molecule has 4 rings (SSSR count). The van der Waals surface area contributed by atoms with Crippen LogP contribution in [0.4, 0.5) is 0 Å². The fourth-order valence-corrected chi connectivity index (χ4v) is 3.48. The topological polar surface area (TPSA) is 63.3 Å². The number of carbonyl (C=O) groups excluding carboxylic acids is 1. The van der Waals surface area contributed by atoms with E-state index in [0.717, 1.165) is 42.6 Å². The van der Waals surface area contributed by atoms with E-state index in [1.165, 1.54) is 0 Å². The Balaban J connectivity index is 1.62. The molecule has 1 aliphatic rings. The number of hydrogen-bond acceptors (Lipinski definition) is 4. The Morgan fingerprint density at radius 1 is 1.36 bits per heavy atom. The molecule has 1 fully saturated rings. The number of fused-ring (bicyclic) bond motifs is 1. The van der Waals surface area contributed by atoms with Gasteiger partial charge in [0.1, 0.15) is 5.58 Å². The summed E-state index contributed by atoms with van der Waals surface area (Å²) in [4.78, 5) is 15.2. The average molecular weight is 338 g/mol. The number of rotatable bonds is 5. The van der Waals surface area contributed by atoms with E-state index in [-0.39, 0.29) is 11.9 Å². The minimum Gasteiger partial charge on any atom is -0.451 e. The summed E-state index contributed by atoms with van der Waals surface area (Å²) in [5.41, 5.74) is 1.61. The zero-order valence-corrected chi connectivity index (χ0v) is 14.3. The molecule has 25 heavy (non-hydrogen) atoms. The molecule has 0 spiro atoms. The van der Waals surface area contributed by atoms with Gasteiger partial charge in [-0.05, 0) is 25.1 Å². The van der Waals surface area contributed by atoms with Crippen molar-refractivity contribution in [2.45, 2.75) is 25.9 Å². The lowest BCUT2D eigenvalue weighted by Gasteiger charge is -2.14. The Kier molecular flexibility index (Phi) is 4.28. The molecule has 1 aliphatic heterocycles. The van der Waals surface area contributed by atoms with E-state index in [2.05, 4.69) is 22.2 Å². The molecular weight excluding hydrogens is 316 g/mol. The molecule has 1 aromatic carbocycles. The van der Waals surface area contributed by atoms with E-state index in [9.17, 15) is 4.79 Å². The Labute approximate surface area is 146 Å². The highest BCUT2D eigenvalue weighted by Gasteiger charge is 2.26. The molecule has 0 bridgehead atoms. The zero-order valence-electron chi connectivity index (χ0n) is 14.3. The van der Waals surface area contributed by atoms with Crippen LogP contribution in [0.15, 0.2) is 47.1 Å². The molecule has 6 heteroatoms. The minimum absolute atomic E-state index is 0.138. The first-order chi connectivity index (χ1) is 12.2. The maximum Gasteiger partial charge on any atom is 0.287 e. The second-order valence-corrected chi connectivity index (χ2v) is 6.46. The SMILES string of the molecule is CCN1CCC(NC(=O)c2oc3ccccc3c2Cn2cccn2)C1. The second kappa shape index (κ2) is 6.72. The third-order valence-electron chi connectivity index (χ3n) is 4.84. The number of nitrogens with zero attached hydrogens (tertiary/aromatic N) is 3. The van der Waals surface area contributed by atoms with Gasteiger partial charge in [0.25, 0.3) is 5.91 Å². The van der Waals surface area contributed by atoms with Crippen LogP contribution in [0.25, 0.3) is 11.0 Å². The Morgan fingerprint density at radius 3 is 3.00 bits per heavy atom. The maximum absolute atomic E-state index is 12.9. The monoisotopic (exact) mass is 338 g/mol. The second-order valence-electron chi connectivity index (χ2n) is 6.46. The molecule has 3 heterocycles. The molecular formula is C19H22N4O2. The quantitative estimate of drug-likeness (QED) is 0.776. The van der Waals surface area contributed by atoms with Crippen molar-refractivity contribution in [3.63, 3.8) is 0 Å². The molecule has 1 N–H and O–H groups in total. The highest BCUT2D eigenvalue weighted by atomic mass is 16.3. The van der Waals surface area contributed by atoms with Gasteiger partial charge in [-0.1, -0.05) is 25.1 Å². The van der Waals surface area contributed by atoms with Crippen LogP contribution in [0, 0.1) is 0 Å². The minimum atomic E-state index is -0.138. The summed E-state index contributed by atoms with van der Waals surface area (Å²) >= 11 is 0. The third-order valence-corrected chi connectivity index (χ3v) is 4.84. The van der Waals surface area contributed by atoms with Crippen LogP contribution in [0.1, 0.15) is 29.5 Å². The van der Waals surface area contributed by atoms with E-state index in [1.807, 2.05) is 41.2 Å². The fourth-order valence-electron chi connectivity index (χ4n) is 3.48. The van der Waals surface area contributed by atoms with Gasteiger partial charge in [0.2, 0.25) is 0 Å². The number of aromatic nitrogens is 2. The van der Waals surface area contributed by atoms with Gasteiger partial charge in [-0.3, -0.25) is 9.48 Å². The lowest BCUT2D eigenvalue weighted by Crippen LogP contribution is -2.37. The maximum atomic E-state index is 12.9. The van der Waals surface area contributed by atoms with Crippen LogP contribution in [0.5, 0.6) is 0 Å². The van der Waals surface area contributed by atoms with Crippen molar-refractivity contribution in [3.8, 4) is 0 Å². The number of hydrogen-bond donors (Lipinski definition) is 1. The number of benzene rings is 1. The Morgan fingerprint density at radius 2 is 2.24 bits per heavy atom. The smallest absolute Gasteiger partial charge is 0.287 e. The van der Waals surface area contributed by atoms with Crippen LogP contribution < -0.4 is 5.32 Å². The van der Waals surface area contributed by atoms with E-state index >= 15 is 0 Å². The average Bonchev–Trinajstić information content (AvgIpc) is 3.36. The summed E-state index contributed by atoms with van der Waals surface area (Å²) in [6.07, 6.45) is 4.60. The standard InChI is InChI=1S/C19H22N4O2/c1-2-22-11-8-14(12-22)21-19(24)18-16(13-23-10-5-9-20-23)15-6-3-4-7-17(15)25-18/h3-7,9-10,14H,2,8,11-13H2,1H3,(H,21,24). The molecule has 1 unspecified atom stereocenters. The summed E-state index contributed by atoms with van der Waals surface area (Å²) in [6.45, 7) is 5.60. The van der Waals surface area contributed by atoms with Crippen LogP contribution in [-0.4, -0.2) is 46.3 Å². The summed E-state index contributed by atoms with van der Waals surface area (Å²) < 4.78 is 7.71. The number of carbonyl (C=O) groups is 1. The molecule has 2 aromatic heterocycles. The van der Waals surface area contributed by atoms with Gasteiger partial charge in [0.15, 0.2) is 5.76 Å². The zero-order chi connectivity index (χ0) is 17.2. The van der Waals surface area contributed by atoms with E-state index in [4.69, 9.17) is 4.42 Å². The molecule has 0 saturated carbocycles. The lowest BCUT2D eigenvalue weighted by atomic mass is 10.1. The van der Waals surface area contributed by atoms with Crippen LogP contribution in [-0.2, 0) is 6.54 Å². The molecule has 6 nitrogen and oxygen atoms in total. The largest absolute Gasteiger partial charge is 0.451 e.